The topological polar surface area (TPSA) is 58.4 Å². The van der Waals surface area contributed by atoms with Crippen LogP contribution in [-0.2, 0) is 11.2 Å². The van der Waals surface area contributed by atoms with Crippen molar-refractivity contribution in [3.05, 3.63) is 23.8 Å². The fourth-order valence-electron chi connectivity index (χ4n) is 2.93. The number of hydrogen-bond donors (Lipinski definition) is 2. The van der Waals surface area contributed by atoms with E-state index in [0.717, 1.165) is 43.6 Å². The van der Waals surface area contributed by atoms with Gasteiger partial charge < -0.3 is 16.0 Å². The van der Waals surface area contributed by atoms with E-state index in [2.05, 4.69) is 30.1 Å². The Kier molecular flexibility index (Phi) is 4.88. The molecule has 0 aromatic heterocycles. The van der Waals surface area contributed by atoms with Crippen molar-refractivity contribution in [1.29, 1.82) is 0 Å². The number of nitrogens with zero attached hydrogens (tertiary/aromatic N) is 1. The molecule has 1 unspecified atom stereocenters. The first-order valence-electron chi connectivity index (χ1n) is 7.53. The van der Waals surface area contributed by atoms with Crippen LogP contribution in [0.5, 0.6) is 0 Å². The van der Waals surface area contributed by atoms with Crippen LogP contribution in [0.2, 0.25) is 0 Å². The molecular weight excluding hydrogens is 250 g/mol. The zero-order valence-electron chi connectivity index (χ0n) is 12.5. The molecule has 0 aliphatic carbocycles. The number of aryl methyl sites for hydroxylation is 1. The zero-order chi connectivity index (χ0) is 14.5. The van der Waals surface area contributed by atoms with Crippen molar-refractivity contribution >= 4 is 17.3 Å². The van der Waals surface area contributed by atoms with Gasteiger partial charge in [-0.3, -0.25) is 4.79 Å². The standard InChI is InChI=1S/C16H25N3O/c1-3-6-12(2)18-15(20)11-19-10-5-8-13-7-4-9-14(17)16(13)19/h4,7,9,12H,3,5-6,8,10-11,17H2,1-2H3,(H,18,20). The number of carbonyl (C=O) groups is 1. The Morgan fingerprint density at radius 2 is 2.30 bits per heavy atom. The van der Waals surface area contributed by atoms with Crippen molar-refractivity contribution in [2.24, 2.45) is 0 Å². The second-order valence-electron chi connectivity index (χ2n) is 5.64. The van der Waals surface area contributed by atoms with E-state index in [4.69, 9.17) is 5.73 Å². The molecule has 1 aliphatic rings. The second kappa shape index (κ2) is 6.64. The molecule has 1 amide bonds. The van der Waals surface area contributed by atoms with Crippen LogP contribution in [0.4, 0.5) is 11.4 Å². The second-order valence-corrected chi connectivity index (χ2v) is 5.64. The highest BCUT2D eigenvalue weighted by Crippen LogP contribution is 2.32. The number of amides is 1. The van der Waals surface area contributed by atoms with Crippen LogP contribution in [0.15, 0.2) is 18.2 Å². The maximum absolute atomic E-state index is 12.1. The van der Waals surface area contributed by atoms with Crippen molar-refractivity contribution in [3.8, 4) is 0 Å². The van der Waals surface area contributed by atoms with E-state index in [1.807, 2.05) is 12.1 Å². The highest BCUT2D eigenvalue weighted by Gasteiger charge is 2.21. The molecule has 20 heavy (non-hydrogen) atoms. The van der Waals surface area contributed by atoms with Crippen molar-refractivity contribution in [2.75, 3.05) is 23.7 Å². The van der Waals surface area contributed by atoms with E-state index in [0.29, 0.717) is 6.54 Å². The molecule has 1 heterocycles. The average molecular weight is 275 g/mol. The Bertz CT molecular complexity index is 473. The monoisotopic (exact) mass is 275 g/mol. The molecule has 1 aliphatic heterocycles. The third-order valence-corrected chi connectivity index (χ3v) is 3.80. The molecule has 1 atom stereocenters. The molecule has 0 saturated heterocycles. The number of fused-ring (bicyclic) bond motifs is 1. The van der Waals surface area contributed by atoms with Crippen molar-refractivity contribution in [3.63, 3.8) is 0 Å². The van der Waals surface area contributed by atoms with E-state index in [9.17, 15) is 4.79 Å². The molecule has 3 N–H and O–H groups in total. The Hall–Kier alpha value is -1.71. The number of nitrogen functional groups attached to an aromatic ring is 1. The lowest BCUT2D eigenvalue weighted by Crippen LogP contribution is -2.43. The van der Waals surface area contributed by atoms with E-state index >= 15 is 0 Å². The number of nitrogens with two attached hydrogens (primary N) is 1. The van der Waals surface area contributed by atoms with Crippen LogP contribution < -0.4 is 16.0 Å². The summed E-state index contributed by atoms with van der Waals surface area (Å²) in [5.74, 6) is 0.0852. The summed E-state index contributed by atoms with van der Waals surface area (Å²) in [5, 5.41) is 3.06. The summed E-state index contributed by atoms with van der Waals surface area (Å²) in [4.78, 5) is 14.2. The Labute approximate surface area is 121 Å². The molecule has 4 nitrogen and oxygen atoms in total. The summed E-state index contributed by atoms with van der Waals surface area (Å²) in [6.07, 6.45) is 4.23. The molecule has 1 aromatic carbocycles. The Balaban J connectivity index is 2.03. The minimum atomic E-state index is 0.0852. The third-order valence-electron chi connectivity index (χ3n) is 3.80. The SMILES string of the molecule is CCCC(C)NC(=O)CN1CCCc2cccc(N)c21. The molecule has 2 rings (SSSR count). The van der Waals surface area contributed by atoms with E-state index in [1.165, 1.54) is 5.56 Å². The number of hydrogen-bond acceptors (Lipinski definition) is 3. The summed E-state index contributed by atoms with van der Waals surface area (Å²) in [6, 6.07) is 6.25. The first-order chi connectivity index (χ1) is 9.61. The van der Waals surface area contributed by atoms with Gasteiger partial charge in [0.25, 0.3) is 0 Å². The summed E-state index contributed by atoms with van der Waals surface area (Å²) >= 11 is 0. The summed E-state index contributed by atoms with van der Waals surface area (Å²) < 4.78 is 0. The van der Waals surface area contributed by atoms with Crippen LogP contribution in [0.1, 0.15) is 38.7 Å². The number of benzene rings is 1. The van der Waals surface area contributed by atoms with Crippen molar-refractivity contribution < 1.29 is 4.79 Å². The van der Waals surface area contributed by atoms with Crippen molar-refractivity contribution in [2.45, 2.75) is 45.6 Å². The van der Waals surface area contributed by atoms with Gasteiger partial charge in [0.05, 0.1) is 17.9 Å². The van der Waals surface area contributed by atoms with Crippen molar-refractivity contribution in [1.82, 2.24) is 5.32 Å². The maximum atomic E-state index is 12.1. The highest BCUT2D eigenvalue weighted by atomic mass is 16.2. The van der Waals surface area contributed by atoms with Gasteiger partial charge in [0.15, 0.2) is 0 Å². The first-order valence-corrected chi connectivity index (χ1v) is 7.53. The fourth-order valence-corrected chi connectivity index (χ4v) is 2.93. The number of nitrogens with one attached hydrogen (secondary N) is 1. The lowest BCUT2D eigenvalue weighted by molar-refractivity contribution is -0.120. The maximum Gasteiger partial charge on any atom is 0.239 e. The predicted molar refractivity (Wildman–Crippen MR) is 83.9 cm³/mol. The molecule has 0 saturated carbocycles. The smallest absolute Gasteiger partial charge is 0.239 e. The fraction of sp³-hybridized carbons (Fsp3) is 0.562. The largest absolute Gasteiger partial charge is 0.397 e. The van der Waals surface area contributed by atoms with Gasteiger partial charge in [-0.15, -0.1) is 0 Å². The molecule has 4 heteroatoms. The van der Waals surface area contributed by atoms with Gasteiger partial charge in [-0.05, 0) is 37.8 Å². The summed E-state index contributed by atoms with van der Waals surface area (Å²) in [7, 11) is 0. The van der Waals surface area contributed by atoms with Gasteiger partial charge in [-0.1, -0.05) is 25.5 Å². The number of para-hydroxylation sites is 1. The Morgan fingerprint density at radius 1 is 1.50 bits per heavy atom. The van der Waals surface area contributed by atoms with Gasteiger partial charge in [0.2, 0.25) is 5.91 Å². The van der Waals surface area contributed by atoms with Gasteiger partial charge in [-0.2, -0.15) is 0 Å². The molecule has 0 spiro atoms. The average Bonchev–Trinajstić information content (AvgIpc) is 2.39. The zero-order valence-corrected chi connectivity index (χ0v) is 12.5. The molecule has 0 bridgehead atoms. The van der Waals surface area contributed by atoms with Gasteiger partial charge in [0.1, 0.15) is 0 Å². The molecule has 0 fully saturated rings. The first kappa shape index (κ1) is 14.7. The molecule has 110 valence electrons. The lowest BCUT2D eigenvalue weighted by Gasteiger charge is -2.32. The molecule has 0 radical (unpaired) electrons. The van der Waals surface area contributed by atoms with Crippen LogP contribution in [0.3, 0.4) is 0 Å². The number of anilines is 2. The van der Waals surface area contributed by atoms with Gasteiger partial charge >= 0.3 is 0 Å². The highest BCUT2D eigenvalue weighted by molar-refractivity contribution is 5.84. The van der Waals surface area contributed by atoms with Gasteiger partial charge in [0, 0.05) is 12.6 Å². The minimum Gasteiger partial charge on any atom is -0.397 e. The van der Waals surface area contributed by atoms with Crippen LogP contribution in [-0.4, -0.2) is 25.0 Å². The number of carbonyl (C=O) groups excluding carboxylic acids is 1. The summed E-state index contributed by atoms with van der Waals surface area (Å²) in [5.41, 5.74) is 9.17. The summed E-state index contributed by atoms with van der Waals surface area (Å²) in [6.45, 7) is 5.48. The normalized spacial score (nSPS) is 15.6. The third kappa shape index (κ3) is 3.44. The molecule has 1 aromatic rings. The van der Waals surface area contributed by atoms with Crippen LogP contribution >= 0.6 is 0 Å². The Morgan fingerprint density at radius 3 is 3.05 bits per heavy atom. The van der Waals surface area contributed by atoms with E-state index < -0.39 is 0 Å². The van der Waals surface area contributed by atoms with E-state index in [1.54, 1.807) is 0 Å². The predicted octanol–water partition coefficient (Wildman–Crippen LogP) is 2.33. The molecular formula is C16H25N3O. The van der Waals surface area contributed by atoms with Crippen LogP contribution in [0, 0.1) is 0 Å². The lowest BCUT2D eigenvalue weighted by atomic mass is 10.0. The quantitative estimate of drug-likeness (QED) is 0.811. The van der Waals surface area contributed by atoms with Gasteiger partial charge in [-0.25, -0.2) is 0 Å². The van der Waals surface area contributed by atoms with E-state index in [-0.39, 0.29) is 11.9 Å². The number of rotatable bonds is 5. The minimum absolute atomic E-state index is 0.0852. The van der Waals surface area contributed by atoms with Crippen LogP contribution in [0.25, 0.3) is 0 Å².